The van der Waals surface area contributed by atoms with E-state index in [0.29, 0.717) is 19.8 Å². The number of carbonyl (C=O) groups excluding carboxylic acids is 1. The summed E-state index contributed by atoms with van der Waals surface area (Å²) < 4.78 is 1.85. The van der Waals surface area contributed by atoms with Crippen molar-refractivity contribution in [3.63, 3.8) is 0 Å². The maximum atomic E-state index is 12.1. The molecule has 2 heterocycles. The third kappa shape index (κ3) is 2.72. The highest BCUT2D eigenvalue weighted by Gasteiger charge is 2.27. The maximum absolute atomic E-state index is 12.1. The van der Waals surface area contributed by atoms with E-state index < -0.39 is 0 Å². The average molecular weight is 270 g/mol. The van der Waals surface area contributed by atoms with Gasteiger partial charge in [0.05, 0.1) is 18.9 Å². The zero-order valence-electron chi connectivity index (χ0n) is 11.6. The molecular weight excluding hydrogens is 252 g/mol. The lowest BCUT2D eigenvalue weighted by Crippen LogP contribution is -2.27. The van der Waals surface area contributed by atoms with Gasteiger partial charge in [-0.05, 0) is 11.6 Å². The number of amides is 1. The van der Waals surface area contributed by atoms with Gasteiger partial charge in [0, 0.05) is 26.3 Å². The molecule has 0 bridgehead atoms. The van der Waals surface area contributed by atoms with Gasteiger partial charge < -0.3 is 4.90 Å². The Morgan fingerprint density at radius 3 is 2.65 bits per heavy atom. The van der Waals surface area contributed by atoms with Crippen molar-refractivity contribution in [1.29, 1.82) is 0 Å². The Morgan fingerprint density at radius 2 is 1.95 bits per heavy atom. The van der Waals surface area contributed by atoms with Gasteiger partial charge in [0.1, 0.15) is 0 Å². The summed E-state index contributed by atoms with van der Waals surface area (Å²) in [5, 5.41) is 4.16. The second-order valence-corrected chi connectivity index (χ2v) is 5.15. The first-order valence-corrected chi connectivity index (χ1v) is 6.73. The molecular formula is C15H18N4O. The van der Waals surface area contributed by atoms with Gasteiger partial charge in [0.15, 0.2) is 0 Å². The first-order chi connectivity index (χ1) is 9.72. The van der Waals surface area contributed by atoms with Gasteiger partial charge in [-0.15, -0.1) is 0 Å². The second kappa shape index (κ2) is 5.46. The van der Waals surface area contributed by atoms with E-state index in [4.69, 9.17) is 0 Å². The van der Waals surface area contributed by atoms with Gasteiger partial charge in [-0.25, -0.2) is 0 Å². The van der Waals surface area contributed by atoms with Crippen LogP contribution in [-0.4, -0.2) is 38.7 Å². The predicted octanol–water partition coefficient (Wildman–Crippen LogP) is 1.22. The van der Waals surface area contributed by atoms with Crippen LogP contribution in [0, 0.1) is 0 Å². The number of benzene rings is 1. The third-order valence-electron chi connectivity index (χ3n) is 3.61. The number of hydrogen-bond acceptors (Lipinski definition) is 3. The van der Waals surface area contributed by atoms with Gasteiger partial charge in [-0.3, -0.25) is 14.4 Å². The van der Waals surface area contributed by atoms with Crippen LogP contribution < -0.4 is 0 Å². The molecule has 5 nitrogen and oxygen atoms in total. The Hall–Kier alpha value is -2.14. The third-order valence-corrected chi connectivity index (χ3v) is 3.61. The molecule has 1 aliphatic heterocycles. The highest BCUT2D eigenvalue weighted by molar-refractivity contribution is 5.80. The van der Waals surface area contributed by atoms with Gasteiger partial charge in [-0.2, -0.15) is 5.10 Å². The van der Waals surface area contributed by atoms with Gasteiger partial charge >= 0.3 is 0 Å². The quantitative estimate of drug-likeness (QED) is 0.839. The minimum Gasteiger partial charge on any atom is -0.324 e. The Morgan fingerprint density at radius 1 is 1.15 bits per heavy atom. The summed E-state index contributed by atoms with van der Waals surface area (Å²) in [6.07, 6.45) is 1.79. The van der Waals surface area contributed by atoms with Crippen molar-refractivity contribution in [3.8, 4) is 0 Å². The molecule has 1 fully saturated rings. The minimum absolute atomic E-state index is 0.191. The molecule has 2 aromatic rings. The van der Waals surface area contributed by atoms with Crippen LogP contribution in [0.5, 0.6) is 0 Å². The Balaban J connectivity index is 1.62. The molecule has 0 saturated carbocycles. The zero-order chi connectivity index (χ0) is 13.9. The second-order valence-electron chi connectivity index (χ2n) is 5.15. The van der Waals surface area contributed by atoms with Crippen molar-refractivity contribution >= 4 is 5.91 Å². The summed E-state index contributed by atoms with van der Waals surface area (Å²) in [4.78, 5) is 16.1. The van der Waals surface area contributed by atoms with E-state index in [1.165, 1.54) is 5.56 Å². The fourth-order valence-corrected chi connectivity index (χ4v) is 2.49. The summed E-state index contributed by atoms with van der Waals surface area (Å²) in [7, 11) is 1.93. The molecule has 1 aliphatic rings. The smallest absolute Gasteiger partial charge is 0.238 e. The molecule has 1 amide bonds. The standard InChI is InChI=1S/C15H18N4O/c1-17-14(7-8-16-17)10-18-11-15(20)19(12-18)9-13-5-3-2-4-6-13/h2-8H,9-12H2,1H3. The lowest BCUT2D eigenvalue weighted by atomic mass is 10.2. The van der Waals surface area contributed by atoms with Gasteiger partial charge in [0.25, 0.3) is 0 Å². The molecule has 0 unspecified atom stereocenters. The summed E-state index contributed by atoms with van der Waals surface area (Å²) in [6.45, 7) is 2.60. The number of aromatic nitrogens is 2. The highest BCUT2D eigenvalue weighted by atomic mass is 16.2. The fourth-order valence-electron chi connectivity index (χ4n) is 2.49. The normalized spacial score (nSPS) is 16.1. The first kappa shape index (κ1) is 12.9. The molecule has 5 heteroatoms. The van der Waals surface area contributed by atoms with Gasteiger partial charge in [0.2, 0.25) is 5.91 Å². The lowest BCUT2D eigenvalue weighted by Gasteiger charge is -2.18. The first-order valence-electron chi connectivity index (χ1n) is 6.73. The van der Waals surface area contributed by atoms with E-state index in [9.17, 15) is 4.79 Å². The molecule has 104 valence electrons. The van der Waals surface area contributed by atoms with E-state index in [2.05, 4.69) is 22.1 Å². The van der Waals surface area contributed by atoms with Crippen molar-refractivity contribution in [2.45, 2.75) is 13.1 Å². The molecule has 0 aliphatic carbocycles. The van der Waals surface area contributed by atoms with E-state index in [1.807, 2.05) is 40.9 Å². The molecule has 1 saturated heterocycles. The number of carbonyl (C=O) groups is 1. The van der Waals surface area contributed by atoms with Crippen molar-refractivity contribution < 1.29 is 4.79 Å². The maximum Gasteiger partial charge on any atom is 0.238 e. The molecule has 1 aromatic heterocycles. The van der Waals surface area contributed by atoms with Crippen LogP contribution in [0.1, 0.15) is 11.3 Å². The van der Waals surface area contributed by atoms with Crippen molar-refractivity contribution in [3.05, 3.63) is 53.9 Å². The Labute approximate surface area is 118 Å². The zero-order valence-corrected chi connectivity index (χ0v) is 11.6. The van der Waals surface area contributed by atoms with Crippen molar-refractivity contribution in [2.75, 3.05) is 13.2 Å². The van der Waals surface area contributed by atoms with Gasteiger partial charge in [-0.1, -0.05) is 30.3 Å². The van der Waals surface area contributed by atoms with Crippen LogP contribution in [0.2, 0.25) is 0 Å². The lowest BCUT2D eigenvalue weighted by molar-refractivity contribution is -0.127. The number of rotatable bonds is 4. The minimum atomic E-state index is 0.191. The molecule has 20 heavy (non-hydrogen) atoms. The number of hydrogen-bond donors (Lipinski definition) is 0. The summed E-state index contributed by atoms with van der Waals surface area (Å²) in [5.74, 6) is 0.191. The van der Waals surface area contributed by atoms with Crippen LogP contribution in [0.4, 0.5) is 0 Å². The van der Waals surface area contributed by atoms with Crippen LogP contribution in [0.15, 0.2) is 42.6 Å². The molecule has 1 aromatic carbocycles. The van der Waals surface area contributed by atoms with E-state index in [-0.39, 0.29) is 5.91 Å². The van der Waals surface area contributed by atoms with Crippen LogP contribution >= 0.6 is 0 Å². The topological polar surface area (TPSA) is 41.4 Å². The molecule has 0 N–H and O–H groups in total. The van der Waals surface area contributed by atoms with E-state index in [0.717, 1.165) is 12.2 Å². The highest BCUT2D eigenvalue weighted by Crippen LogP contribution is 2.14. The monoisotopic (exact) mass is 270 g/mol. The Bertz CT molecular complexity index is 593. The van der Waals surface area contributed by atoms with E-state index in [1.54, 1.807) is 6.20 Å². The fraction of sp³-hybridized carbons (Fsp3) is 0.333. The van der Waals surface area contributed by atoms with Crippen LogP contribution in [0.3, 0.4) is 0 Å². The molecule has 0 radical (unpaired) electrons. The number of aryl methyl sites for hydroxylation is 1. The van der Waals surface area contributed by atoms with Crippen molar-refractivity contribution in [2.24, 2.45) is 7.05 Å². The summed E-state index contributed by atoms with van der Waals surface area (Å²) >= 11 is 0. The van der Waals surface area contributed by atoms with E-state index >= 15 is 0 Å². The molecule has 0 spiro atoms. The van der Waals surface area contributed by atoms with Crippen LogP contribution in [-0.2, 0) is 24.9 Å². The molecule has 0 atom stereocenters. The summed E-state index contributed by atoms with van der Waals surface area (Å²) in [6, 6.07) is 12.1. The molecule has 3 rings (SSSR count). The van der Waals surface area contributed by atoms with Crippen LogP contribution in [0.25, 0.3) is 0 Å². The summed E-state index contributed by atoms with van der Waals surface area (Å²) in [5.41, 5.74) is 2.29. The largest absolute Gasteiger partial charge is 0.324 e. The number of nitrogens with zero attached hydrogens (tertiary/aromatic N) is 4. The predicted molar refractivity (Wildman–Crippen MR) is 75.5 cm³/mol. The SMILES string of the molecule is Cn1nccc1CN1CC(=O)N(Cc2ccccc2)C1. The Kier molecular flexibility index (Phi) is 3.52. The average Bonchev–Trinajstić information content (AvgIpc) is 2.99. The van der Waals surface area contributed by atoms with Crippen molar-refractivity contribution in [1.82, 2.24) is 19.6 Å².